The van der Waals surface area contributed by atoms with E-state index in [0.717, 1.165) is 0 Å². The van der Waals surface area contributed by atoms with Crippen molar-refractivity contribution in [1.29, 1.82) is 0 Å². The van der Waals surface area contributed by atoms with Crippen LogP contribution in [0.1, 0.15) is 15.9 Å². The number of primary amides is 1. The third kappa shape index (κ3) is 2.97. The highest BCUT2D eigenvalue weighted by atomic mass is 35.5. The standard InChI is InChI=1S/C12H9Cl2FN4O/c13-7-5-17-12(14)19-11(7)18-8-3-1-2-6(4-15)9(8)10(16)20/h1-3,5H,4H2,(H2,16,20)(H,17,18,19). The number of hydrogen-bond acceptors (Lipinski definition) is 4. The second kappa shape index (κ2) is 6.02. The topological polar surface area (TPSA) is 80.9 Å². The molecule has 0 bridgehead atoms. The summed E-state index contributed by atoms with van der Waals surface area (Å²) in [6.07, 6.45) is 1.31. The number of nitrogens with one attached hydrogen (secondary N) is 1. The van der Waals surface area contributed by atoms with Crippen LogP contribution in [-0.4, -0.2) is 15.9 Å². The molecule has 0 saturated heterocycles. The van der Waals surface area contributed by atoms with E-state index in [1.165, 1.54) is 12.3 Å². The molecule has 1 amide bonds. The number of nitrogens with zero attached hydrogens (tertiary/aromatic N) is 2. The number of amides is 1. The molecule has 104 valence electrons. The molecule has 0 fully saturated rings. The van der Waals surface area contributed by atoms with Crippen LogP contribution in [0.5, 0.6) is 0 Å². The van der Waals surface area contributed by atoms with Crippen molar-refractivity contribution in [3.05, 3.63) is 45.8 Å². The Hall–Kier alpha value is -1.92. The van der Waals surface area contributed by atoms with E-state index < -0.39 is 12.6 Å². The Balaban J connectivity index is 2.48. The predicted molar refractivity (Wildman–Crippen MR) is 75.1 cm³/mol. The van der Waals surface area contributed by atoms with Gasteiger partial charge in [-0.2, -0.15) is 4.98 Å². The molecular weight excluding hydrogens is 306 g/mol. The van der Waals surface area contributed by atoms with E-state index in [1.807, 2.05) is 0 Å². The number of hydrogen-bond donors (Lipinski definition) is 2. The van der Waals surface area contributed by atoms with Crippen molar-refractivity contribution < 1.29 is 9.18 Å². The number of rotatable bonds is 4. The molecule has 0 aliphatic rings. The van der Waals surface area contributed by atoms with Gasteiger partial charge in [-0.25, -0.2) is 9.37 Å². The van der Waals surface area contributed by atoms with Gasteiger partial charge in [0.25, 0.3) is 5.91 Å². The average molecular weight is 315 g/mol. The second-order valence-electron chi connectivity index (χ2n) is 3.80. The summed E-state index contributed by atoms with van der Waals surface area (Å²) >= 11 is 11.6. The Morgan fingerprint density at radius 1 is 1.40 bits per heavy atom. The van der Waals surface area contributed by atoms with Crippen molar-refractivity contribution in [2.45, 2.75) is 6.67 Å². The molecular formula is C12H9Cl2FN4O. The molecule has 0 spiro atoms. The van der Waals surface area contributed by atoms with E-state index >= 15 is 0 Å². The van der Waals surface area contributed by atoms with Gasteiger partial charge in [0, 0.05) is 0 Å². The van der Waals surface area contributed by atoms with Crippen LogP contribution < -0.4 is 11.1 Å². The van der Waals surface area contributed by atoms with Crippen LogP contribution in [0.15, 0.2) is 24.4 Å². The van der Waals surface area contributed by atoms with E-state index in [0.29, 0.717) is 5.69 Å². The molecule has 2 rings (SSSR count). The van der Waals surface area contributed by atoms with Crippen LogP contribution >= 0.6 is 23.2 Å². The summed E-state index contributed by atoms with van der Waals surface area (Å²) in [6, 6.07) is 4.62. The fourth-order valence-electron chi connectivity index (χ4n) is 1.67. The van der Waals surface area contributed by atoms with E-state index in [9.17, 15) is 9.18 Å². The van der Waals surface area contributed by atoms with Crippen molar-refractivity contribution in [1.82, 2.24) is 9.97 Å². The smallest absolute Gasteiger partial charge is 0.251 e. The lowest BCUT2D eigenvalue weighted by Crippen LogP contribution is -2.16. The molecule has 8 heteroatoms. The fraction of sp³-hybridized carbons (Fsp3) is 0.0833. The molecule has 0 atom stereocenters. The Bertz CT molecular complexity index is 666. The van der Waals surface area contributed by atoms with Crippen molar-refractivity contribution in [2.75, 3.05) is 5.32 Å². The van der Waals surface area contributed by atoms with E-state index in [1.54, 1.807) is 12.1 Å². The van der Waals surface area contributed by atoms with E-state index in [4.69, 9.17) is 28.9 Å². The number of anilines is 2. The van der Waals surface area contributed by atoms with Gasteiger partial charge >= 0.3 is 0 Å². The summed E-state index contributed by atoms with van der Waals surface area (Å²) in [5.41, 5.74) is 5.79. The maximum absolute atomic E-state index is 12.9. The maximum atomic E-state index is 12.9. The molecule has 5 nitrogen and oxygen atoms in total. The van der Waals surface area contributed by atoms with Crippen LogP contribution in [-0.2, 0) is 6.67 Å². The minimum atomic E-state index is -0.813. The van der Waals surface area contributed by atoms with E-state index in [2.05, 4.69) is 15.3 Å². The third-order valence-electron chi connectivity index (χ3n) is 2.51. The highest BCUT2D eigenvalue weighted by Gasteiger charge is 2.15. The highest BCUT2D eigenvalue weighted by Crippen LogP contribution is 2.27. The Labute approximate surface area is 123 Å². The minimum absolute atomic E-state index is 0.0147. The second-order valence-corrected chi connectivity index (χ2v) is 4.54. The normalized spacial score (nSPS) is 10.3. The summed E-state index contributed by atoms with van der Waals surface area (Å²) in [7, 11) is 0. The molecule has 20 heavy (non-hydrogen) atoms. The van der Waals surface area contributed by atoms with Gasteiger partial charge in [0.1, 0.15) is 11.7 Å². The molecule has 2 aromatic rings. The van der Waals surface area contributed by atoms with Crippen molar-refractivity contribution in [2.24, 2.45) is 5.73 Å². The lowest BCUT2D eigenvalue weighted by Gasteiger charge is -2.12. The van der Waals surface area contributed by atoms with Gasteiger partial charge in [0.2, 0.25) is 5.28 Å². The number of carbonyl (C=O) groups is 1. The Kier molecular flexibility index (Phi) is 4.36. The zero-order valence-electron chi connectivity index (χ0n) is 10.0. The van der Waals surface area contributed by atoms with Gasteiger partial charge in [-0.15, -0.1) is 0 Å². The number of aromatic nitrogens is 2. The summed E-state index contributed by atoms with van der Waals surface area (Å²) < 4.78 is 12.9. The average Bonchev–Trinajstić information content (AvgIpc) is 2.42. The lowest BCUT2D eigenvalue weighted by molar-refractivity contribution is 0.0999. The molecule has 0 saturated carbocycles. The van der Waals surface area contributed by atoms with Gasteiger partial charge in [-0.05, 0) is 23.2 Å². The first-order valence-electron chi connectivity index (χ1n) is 5.45. The zero-order chi connectivity index (χ0) is 14.7. The molecule has 1 aromatic carbocycles. The molecule has 0 radical (unpaired) electrons. The van der Waals surface area contributed by atoms with Crippen LogP contribution in [0.2, 0.25) is 10.3 Å². The van der Waals surface area contributed by atoms with Crippen LogP contribution in [0.25, 0.3) is 0 Å². The third-order valence-corrected chi connectivity index (χ3v) is 2.97. The van der Waals surface area contributed by atoms with Crippen LogP contribution in [0.4, 0.5) is 15.9 Å². The van der Waals surface area contributed by atoms with Gasteiger partial charge < -0.3 is 11.1 Å². The summed E-state index contributed by atoms with van der Waals surface area (Å²) in [4.78, 5) is 19.1. The Morgan fingerprint density at radius 2 is 2.15 bits per heavy atom. The minimum Gasteiger partial charge on any atom is -0.366 e. The fourth-order valence-corrected chi connectivity index (χ4v) is 1.94. The van der Waals surface area contributed by atoms with Crippen molar-refractivity contribution in [3.63, 3.8) is 0 Å². The zero-order valence-corrected chi connectivity index (χ0v) is 11.5. The van der Waals surface area contributed by atoms with Gasteiger partial charge in [-0.3, -0.25) is 4.79 Å². The van der Waals surface area contributed by atoms with Crippen LogP contribution in [0, 0.1) is 0 Å². The number of alkyl halides is 1. The first kappa shape index (κ1) is 14.5. The predicted octanol–water partition coefficient (Wildman–Crippen LogP) is 3.10. The summed E-state index contributed by atoms with van der Waals surface area (Å²) in [5, 5.41) is 2.99. The summed E-state index contributed by atoms with van der Waals surface area (Å²) in [5.74, 6) is -0.554. The van der Waals surface area contributed by atoms with Crippen molar-refractivity contribution in [3.8, 4) is 0 Å². The van der Waals surface area contributed by atoms with E-state index in [-0.39, 0.29) is 27.3 Å². The van der Waals surface area contributed by atoms with Crippen LogP contribution in [0.3, 0.4) is 0 Å². The SMILES string of the molecule is NC(=O)c1c(CF)cccc1Nc1nc(Cl)ncc1Cl. The number of nitrogens with two attached hydrogens (primary N) is 1. The number of carbonyl (C=O) groups excluding carboxylic acids is 1. The van der Waals surface area contributed by atoms with Gasteiger partial charge in [0.15, 0.2) is 5.82 Å². The molecule has 1 aromatic heterocycles. The molecule has 0 aliphatic carbocycles. The van der Waals surface area contributed by atoms with Gasteiger partial charge in [-0.1, -0.05) is 23.7 Å². The molecule has 1 heterocycles. The Morgan fingerprint density at radius 3 is 2.80 bits per heavy atom. The molecule has 0 aliphatic heterocycles. The first-order chi connectivity index (χ1) is 9.52. The monoisotopic (exact) mass is 314 g/mol. The largest absolute Gasteiger partial charge is 0.366 e. The molecule has 0 unspecified atom stereocenters. The number of benzene rings is 1. The molecule has 3 N–H and O–H groups in total. The quantitative estimate of drug-likeness (QED) is 0.850. The van der Waals surface area contributed by atoms with Gasteiger partial charge in [0.05, 0.1) is 17.4 Å². The highest BCUT2D eigenvalue weighted by molar-refractivity contribution is 6.33. The lowest BCUT2D eigenvalue weighted by atomic mass is 10.1. The van der Waals surface area contributed by atoms with Crippen molar-refractivity contribution >= 4 is 40.6 Å². The first-order valence-corrected chi connectivity index (χ1v) is 6.21. The maximum Gasteiger partial charge on any atom is 0.251 e. The summed E-state index contributed by atoms with van der Waals surface area (Å²) in [6.45, 7) is -0.813. The number of halogens is 3.